The quantitative estimate of drug-likeness (QED) is 0.675. The third-order valence-electron chi connectivity index (χ3n) is 4.50. The van der Waals surface area contributed by atoms with Crippen molar-refractivity contribution < 1.29 is 19.0 Å². The Labute approximate surface area is 169 Å². The summed E-state index contributed by atoms with van der Waals surface area (Å²) in [7, 11) is 1.73. The molecule has 0 aliphatic carbocycles. The van der Waals surface area contributed by atoms with Gasteiger partial charge < -0.3 is 19.5 Å². The molecule has 8 nitrogen and oxygen atoms in total. The summed E-state index contributed by atoms with van der Waals surface area (Å²) < 4.78 is 18.0. The lowest BCUT2D eigenvalue weighted by Gasteiger charge is -2.18. The van der Waals surface area contributed by atoms with Crippen LogP contribution < -0.4 is 24.3 Å². The number of hydrogen-bond acceptors (Lipinski definition) is 7. The van der Waals surface area contributed by atoms with Gasteiger partial charge in [0.25, 0.3) is 5.91 Å². The van der Waals surface area contributed by atoms with Crippen LogP contribution in [0.4, 0.5) is 5.69 Å². The number of nitrogens with zero attached hydrogens (tertiary/aromatic N) is 3. The van der Waals surface area contributed by atoms with Crippen molar-refractivity contribution in [1.82, 2.24) is 4.68 Å². The largest absolute Gasteiger partial charge is 0.482 e. The third-order valence-corrected chi connectivity index (χ3v) is 5.41. The first-order valence-electron chi connectivity index (χ1n) is 8.86. The van der Waals surface area contributed by atoms with Gasteiger partial charge in [0.2, 0.25) is 11.6 Å². The van der Waals surface area contributed by atoms with Crippen LogP contribution in [0.5, 0.6) is 17.2 Å². The second-order valence-electron chi connectivity index (χ2n) is 6.34. The van der Waals surface area contributed by atoms with Crippen LogP contribution in [-0.2, 0) is 4.79 Å². The molecular weight excluding hydrogens is 392 g/mol. The van der Waals surface area contributed by atoms with E-state index < -0.39 is 0 Å². The summed E-state index contributed by atoms with van der Waals surface area (Å²) in [5.41, 5.74) is 3.28. The van der Waals surface area contributed by atoms with Crippen LogP contribution in [0.3, 0.4) is 0 Å². The number of rotatable bonds is 3. The van der Waals surface area contributed by atoms with Crippen molar-refractivity contribution in [2.75, 3.05) is 25.8 Å². The Morgan fingerprint density at radius 1 is 1.10 bits per heavy atom. The molecule has 29 heavy (non-hydrogen) atoms. The minimum Gasteiger partial charge on any atom is -0.482 e. The summed E-state index contributed by atoms with van der Waals surface area (Å²) in [6.07, 6.45) is 1.75. The molecule has 0 unspecified atom stereocenters. The fraction of sp³-hybridized carbons (Fsp3) is 0.150. The monoisotopic (exact) mass is 408 g/mol. The summed E-state index contributed by atoms with van der Waals surface area (Å²) in [6.45, 7) is 0.264. The average Bonchev–Trinajstić information content (AvgIpc) is 3.37. The highest BCUT2D eigenvalue weighted by atomic mass is 32.1. The van der Waals surface area contributed by atoms with Crippen molar-refractivity contribution in [3.63, 3.8) is 0 Å². The van der Waals surface area contributed by atoms with Crippen molar-refractivity contribution in [2.24, 2.45) is 10.1 Å². The number of amides is 1. The van der Waals surface area contributed by atoms with E-state index in [1.807, 2.05) is 41.8 Å². The van der Waals surface area contributed by atoms with E-state index in [0.29, 0.717) is 17.2 Å². The number of benzene rings is 2. The van der Waals surface area contributed by atoms with Crippen molar-refractivity contribution in [1.29, 1.82) is 0 Å². The van der Waals surface area contributed by atoms with E-state index in [1.54, 1.807) is 17.9 Å². The van der Waals surface area contributed by atoms with Crippen LogP contribution in [-0.4, -0.2) is 37.2 Å². The molecule has 3 heterocycles. The number of hydrogen-bond donors (Lipinski definition) is 1. The van der Waals surface area contributed by atoms with Crippen LogP contribution in [0.2, 0.25) is 0 Å². The molecule has 9 heteroatoms. The Kier molecular flexibility index (Phi) is 4.28. The van der Waals surface area contributed by atoms with E-state index in [0.717, 1.165) is 27.4 Å². The summed E-state index contributed by atoms with van der Waals surface area (Å²) in [4.78, 5) is 16.7. The molecule has 1 N–H and O–H groups in total. The third kappa shape index (κ3) is 3.25. The standard InChI is InChI=1S/C20H16N4O4S/c1-21-20-24(22-8-12-2-4-17-18(6-12)28-11-27-17)15(10-29-20)13-3-5-16-14(7-13)23-19(25)9-26-16/h2-8,10H,9,11H2,1H3,(H,23,25). The topological polar surface area (TPSA) is 86.4 Å². The minimum atomic E-state index is -0.169. The molecule has 5 rings (SSSR count). The Balaban J connectivity index is 1.52. The lowest BCUT2D eigenvalue weighted by Crippen LogP contribution is -2.25. The number of thiazole rings is 1. The fourth-order valence-corrected chi connectivity index (χ4v) is 3.92. The normalized spacial score (nSPS) is 15.3. The van der Waals surface area contributed by atoms with Crippen LogP contribution in [0.15, 0.2) is 51.9 Å². The molecule has 0 fully saturated rings. The van der Waals surface area contributed by atoms with Crippen LogP contribution in [0, 0.1) is 0 Å². The molecule has 0 bridgehead atoms. The van der Waals surface area contributed by atoms with Gasteiger partial charge in [0.15, 0.2) is 18.1 Å². The number of anilines is 1. The highest BCUT2D eigenvalue weighted by Gasteiger charge is 2.18. The van der Waals surface area contributed by atoms with E-state index in [4.69, 9.17) is 14.2 Å². The Bertz CT molecular complexity index is 1210. The SMILES string of the molecule is CN=c1scc(-c2ccc3c(c2)NC(=O)CO3)n1N=Cc1ccc2c(c1)OCO2. The summed E-state index contributed by atoms with van der Waals surface area (Å²) >= 11 is 1.48. The van der Waals surface area contributed by atoms with E-state index in [2.05, 4.69) is 15.4 Å². The van der Waals surface area contributed by atoms with Gasteiger partial charge in [-0.3, -0.25) is 9.79 Å². The average molecular weight is 408 g/mol. The van der Waals surface area contributed by atoms with E-state index >= 15 is 0 Å². The molecule has 0 radical (unpaired) electrons. The maximum absolute atomic E-state index is 11.6. The van der Waals surface area contributed by atoms with E-state index in [1.165, 1.54) is 11.3 Å². The van der Waals surface area contributed by atoms with Gasteiger partial charge in [-0.2, -0.15) is 5.10 Å². The van der Waals surface area contributed by atoms with Crippen molar-refractivity contribution in [3.05, 3.63) is 52.1 Å². The molecule has 2 aliphatic rings. The Morgan fingerprint density at radius 3 is 2.86 bits per heavy atom. The smallest absolute Gasteiger partial charge is 0.262 e. The maximum atomic E-state index is 11.6. The molecule has 0 saturated carbocycles. The highest BCUT2D eigenvalue weighted by Crippen LogP contribution is 2.33. The summed E-state index contributed by atoms with van der Waals surface area (Å²) in [5.74, 6) is 1.92. The molecule has 2 aliphatic heterocycles. The van der Waals surface area contributed by atoms with Crippen LogP contribution >= 0.6 is 11.3 Å². The first-order chi connectivity index (χ1) is 14.2. The van der Waals surface area contributed by atoms with Gasteiger partial charge in [-0.05, 0) is 42.0 Å². The molecule has 0 atom stereocenters. The maximum Gasteiger partial charge on any atom is 0.262 e. The van der Waals surface area contributed by atoms with Crippen molar-refractivity contribution in [3.8, 4) is 28.5 Å². The van der Waals surface area contributed by atoms with Gasteiger partial charge >= 0.3 is 0 Å². The molecule has 0 spiro atoms. The molecule has 146 valence electrons. The molecule has 1 aromatic heterocycles. The first-order valence-corrected chi connectivity index (χ1v) is 9.74. The van der Waals surface area contributed by atoms with E-state index in [9.17, 15) is 4.79 Å². The minimum absolute atomic E-state index is 0.0312. The van der Waals surface area contributed by atoms with Crippen LogP contribution in [0.25, 0.3) is 11.3 Å². The summed E-state index contributed by atoms with van der Waals surface area (Å²) in [5, 5.41) is 9.44. The highest BCUT2D eigenvalue weighted by molar-refractivity contribution is 7.07. The van der Waals surface area contributed by atoms with Crippen molar-refractivity contribution >= 4 is 29.1 Å². The number of aromatic nitrogens is 1. The Morgan fingerprint density at radius 2 is 1.97 bits per heavy atom. The predicted molar refractivity (Wildman–Crippen MR) is 109 cm³/mol. The zero-order valence-electron chi connectivity index (χ0n) is 15.4. The number of carbonyl (C=O) groups excluding carboxylic acids is 1. The van der Waals surface area contributed by atoms with Gasteiger partial charge in [0, 0.05) is 18.0 Å². The zero-order chi connectivity index (χ0) is 19.8. The molecule has 0 saturated heterocycles. The molecule has 1 amide bonds. The van der Waals surface area contributed by atoms with Gasteiger partial charge in [-0.15, -0.1) is 11.3 Å². The summed E-state index contributed by atoms with van der Waals surface area (Å²) in [6, 6.07) is 11.3. The lowest BCUT2D eigenvalue weighted by molar-refractivity contribution is -0.118. The molecule has 3 aromatic rings. The first kappa shape index (κ1) is 17.5. The van der Waals surface area contributed by atoms with Crippen LogP contribution in [0.1, 0.15) is 5.56 Å². The number of fused-ring (bicyclic) bond motifs is 2. The predicted octanol–water partition coefficient (Wildman–Crippen LogP) is 2.69. The fourth-order valence-electron chi connectivity index (χ4n) is 3.12. The zero-order valence-corrected chi connectivity index (χ0v) is 16.2. The molecule has 2 aromatic carbocycles. The number of nitrogens with one attached hydrogen (secondary N) is 1. The van der Waals surface area contributed by atoms with Gasteiger partial charge in [0.05, 0.1) is 17.6 Å². The van der Waals surface area contributed by atoms with Gasteiger partial charge in [0.1, 0.15) is 5.75 Å². The molecular formula is C20H16N4O4S. The Hall–Kier alpha value is -3.59. The lowest BCUT2D eigenvalue weighted by atomic mass is 10.1. The second-order valence-corrected chi connectivity index (χ2v) is 7.18. The van der Waals surface area contributed by atoms with Crippen molar-refractivity contribution in [2.45, 2.75) is 0 Å². The number of ether oxygens (including phenoxy) is 3. The van der Waals surface area contributed by atoms with Gasteiger partial charge in [-0.1, -0.05) is 0 Å². The second kappa shape index (κ2) is 7.10. The van der Waals surface area contributed by atoms with E-state index in [-0.39, 0.29) is 19.3 Å². The van der Waals surface area contributed by atoms with Gasteiger partial charge in [-0.25, -0.2) is 4.68 Å². The number of carbonyl (C=O) groups is 1.